The van der Waals surface area contributed by atoms with Gasteiger partial charge < -0.3 is 10.2 Å². The van der Waals surface area contributed by atoms with Crippen LogP contribution in [0.15, 0.2) is 82.2 Å². The molecule has 3 aromatic carbocycles. The van der Waals surface area contributed by atoms with Crippen molar-refractivity contribution in [2.24, 2.45) is 0 Å². The highest BCUT2D eigenvalue weighted by Crippen LogP contribution is 2.25. The van der Waals surface area contributed by atoms with Crippen LogP contribution in [0.4, 0.5) is 10.1 Å². The minimum Gasteiger partial charge on any atom is -0.352 e. The first-order valence-corrected chi connectivity index (χ1v) is 14.3. The molecule has 0 radical (unpaired) electrons. The fourth-order valence-electron chi connectivity index (χ4n) is 3.79. The Hall–Kier alpha value is -3.24. The van der Waals surface area contributed by atoms with E-state index in [9.17, 15) is 22.4 Å². The molecule has 2 amide bonds. The summed E-state index contributed by atoms with van der Waals surface area (Å²) in [7, 11) is -4.25. The molecule has 202 valence electrons. The Morgan fingerprint density at radius 2 is 1.61 bits per heavy atom. The number of carbonyl (C=O) groups is 2. The standard InChI is InChI=1S/C28H31BrFN3O4S/c1-19(2)31-28(35)21(4)32(17-22-6-5-7-23(29)16-22)27(34)18-33(25-12-8-20(3)9-13-25)38(36,37)26-14-10-24(30)11-15-26/h5-16,19,21H,17-18H2,1-4H3,(H,31,35). The van der Waals surface area contributed by atoms with Crippen LogP contribution in [0.5, 0.6) is 0 Å². The number of rotatable bonds is 10. The fourth-order valence-corrected chi connectivity index (χ4v) is 5.65. The Kier molecular flexibility index (Phi) is 9.67. The predicted molar refractivity (Wildman–Crippen MR) is 150 cm³/mol. The van der Waals surface area contributed by atoms with Gasteiger partial charge in [0, 0.05) is 17.1 Å². The number of sulfonamides is 1. The van der Waals surface area contributed by atoms with Gasteiger partial charge in [0.25, 0.3) is 10.0 Å². The lowest BCUT2D eigenvalue weighted by Crippen LogP contribution is -2.52. The third-order valence-corrected chi connectivity index (χ3v) is 8.12. The first kappa shape index (κ1) is 29.3. The van der Waals surface area contributed by atoms with Crippen LogP contribution in [0.2, 0.25) is 0 Å². The number of carbonyl (C=O) groups excluding carboxylic acids is 2. The molecule has 38 heavy (non-hydrogen) atoms. The van der Waals surface area contributed by atoms with E-state index in [0.717, 1.165) is 44.2 Å². The molecule has 1 atom stereocenters. The third kappa shape index (κ3) is 7.41. The van der Waals surface area contributed by atoms with Gasteiger partial charge in [0.15, 0.2) is 0 Å². The third-order valence-electron chi connectivity index (χ3n) is 5.84. The molecule has 0 spiro atoms. The quantitative estimate of drug-likeness (QED) is 0.352. The maximum Gasteiger partial charge on any atom is 0.264 e. The Morgan fingerprint density at radius 3 is 2.18 bits per heavy atom. The summed E-state index contributed by atoms with van der Waals surface area (Å²) in [5, 5.41) is 2.82. The van der Waals surface area contributed by atoms with Gasteiger partial charge in [-0.25, -0.2) is 12.8 Å². The number of benzene rings is 3. The average molecular weight is 605 g/mol. The summed E-state index contributed by atoms with van der Waals surface area (Å²) in [5.41, 5.74) is 1.95. The van der Waals surface area contributed by atoms with Crippen molar-refractivity contribution in [1.82, 2.24) is 10.2 Å². The van der Waals surface area contributed by atoms with Gasteiger partial charge >= 0.3 is 0 Å². The maximum absolute atomic E-state index is 13.8. The molecule has 0 saturated heterocycles. The molecule has 3 aromatic rings. The number of amides is 2. The van der Waals surface area contributed by atoms with E-state index in [1.54, 1.807) is 31.2 Å². The van der Waals surface area contributed by atoms with Crippen molar-refractivity contribution < 1.29 is 22.4 Å². The lowest BCUT2D eigenvalue weighted by molar-refractivity contribution is -0.139. The molecule has 1 unspecified atom stereocenters. The summed E-state index contributed by atoms with van der Waals surface area (Å²) in [6.07, 6.45) is 0. The highest BCUT2D eigenvalue weighted by atomic mass is 79.9. The van der Waals surface area contributed by atoms with E-state index in [2.05, 4.69) is 21.2 Å². The van der Waals surface area contributed by atoms with E-state index in [-0.39, 0.29) is 29.1 Å². The van der Waals surface area contributed by atoms with Gasteiger partial charge in [0.05, 0.1) is 10.6 Å². The van der Waals surface area contributed by atoms with Crippen molar-refractivity contribution in [2.75, 3.05) is 10.8 Å². The van der Waals surface area contributed by atoms with Gasteiger partial charge in [0.1, 0.15) is 18.4 Å². The summed E-state index contributed by atoms with van der Waals surface area (Å²) in [4.78, 5) is 27.9. The predicted octanol–water partition coefficient (Wildman–Crippen LogP) is 5.03. The Labute approximate surface area is 231 Å². The van der Waals surface area contributed by atoms with Crippen molar-refractivity contribution >= 4 is 43.5 Å². The van der Waals surface area contributed by atoms with Crippen LogP contribution in [-0.4, -0.2) is 43.8 Å². The summed E-state index contributed by atoms with van der Waals surface area (Å²) in [5.74, 6) is -1.50. The zero-order valence-electron chi connectivity index (χ0n) is 21.7. The monoisotopic (exact) mass is 603 g/mol. The molecular weight excluding hydrogens is 573 g/mol. The number of halogens is 2. The molecule has 1 N–H and O–H groups in total. The fraction of sp³-hybridized carbons (Fsp3) is 0.286. The zero-order valence-corrected chi connectivity index (χ0v) is 24.1. The van der Waals surface area contributed by atoms with Crippen LogP contribution in [0.3, 0.4) is 0 Å². The van der Waals surface area contributed by atoms with E-state index in [1.807, 2.05) is 45.0 Å². The summed E-state index contributed by atoms with van der Waals surface area (Å²) < 4.78 is 42.7. The molecule has 0 saturated carbocycles. The summed E-state index contributed by atoms with van der Waals surface area (Å²) in [6, 6.07) is 17.4. The normalized spacial score (nSPS) is 12.2. The van der Waals surface area contributed by atoms with Crippen molar-refractivity contribution in [3.8, 4) is 0 Å². The minimum absolute atomic E-state index is 0.0866. The van der Waals surface area contributed by atoms with E-state index >= 15 is 0 Å². The topological polar surface area (TPSA) is 86.8 Å². The molecular formula is C28H31BrFN3O4S. The Bertz CT molecular complexity index is 1380. The van der Waals surface area contributed by atoms with Crippen LogP contribution < -0.4 is 9.62 Å². The highest BCUT2D eigenvalue weighted by molar-refractivity contribution is 9.10. The second-order valence-electron chi connectivity index (χ2n) is 9.29. The zero-order chi connectivity index (χ0) is 28.0. The van der Waals surface area contributed by atoms with Gasteiger partial charge in [-0.1, -0.05) is 45.8 Å². The number of nitrogens with one attached hydrogen (secondary N) is 1. The van der Waals surface area contributed by atoms with Crippen LogP contribution in [0.1, 0.15) is 31.9 Å². The molecule has 0 aliphatic heterocycles. The molecule has 0 heterocycles. The molecule has 0 aliphatic rings. The number of hydrogen-bond acceptors (Lipinski definition) is 4. The second-order valence-corrected chi connectivity index (χ2v) is 12.1. The van der Waals surface area contributed by atoms with E-state index in [4.69, 9.17) is 0 Å². The number of anilines is 1. The van der Waals surface area contributed by atoms with Crippen molar-refractivity contribution in [1.29, 1.82) is 0 Å². The largest absolute Gasteiger partial charge is 0.352 e. The van der Waals surface area contributed by atoms with E-state index in [1.165, 1.54) is 4.90 Å². The van der Waals surface area contributed by atoms with Crippen molar-refractivity contribution in [3.63, 3.8) is 0 Å². The van der Waals surface area contributed by atoms with Gasteiger partial charge in [0.2, 0.25) is 11.8 Å². The molecule has 0 fully saturated rings. The molecule has 0 aromatic heterocycles. The summed E-state index contributed by atoms with van der Waals surface area (Å²) in [6.45, 7) is 6.64. The SMILES string of the molecule is Cc1ccc(N(CC(=O)N(Cc2cccc(Br)c2)C(C)C(=O)NC(C)C)S(=O)(=O)c2ccc(F)cc2)cc1. The first-order valence-electron chi connectivity index (χ1n) is 12.1. The van der Waals surface area contributed by atoms with Crippen LogP contribution in [0.25, 0.3) is 0 Å². The molecule has 7 nitrogen and oxygen atoms in total. The number of nitrogens with zero attached hydrogens (tertiary/aromatic N) is 2. The number of hydrogen-bond donors (Lipinski definition) is 1. The second kappa shape index (κ2) is 12.5. The smallest absolute Gasteiger partial charge is 0.264 e. The van der Waals surface area contributed by atoms with Crippen LogP contribution in [0, 0.1) is 12.7 Å². The van der Waals surface area contributed by atoms with E-state index < -0.39 is 34.3 Å². The highest BCUT2D eigenvalue weighted by Gasteiger charge is 2.32. The van der Waals surface area contributed by atoms with Gasteiger partial charge in [-0.2, -0.15) is 0 Å². The van der Waals surface area contributed by atoms with Crippen molar-refractivity contribution in [3.05, 3.63) is 94.2 Å². The maximum atomic E-state index is 13.8. The van der Waals surface area contributed by atoms with E-state index in [0.29, 0.717) is 0 Å². The lowest BCUT2D eigenvalue weighted by atomic mass is 10.1. The Balaban J connectivity index is 2.02. The lowest BCUT2D eigenvalue weighted by Gasteiger charge is -2.32. The van der Waals surface area contributed by atoms with Crippen LogP contribution in [-0.2, 0) is 26.2 Å². The first-order chi connectivity index (χ1) is 17.9. The van der Waals surface area contributed by atoms with Gasteiger partial charge in [-0.3, -0.25) is 13.9 Å². The van der Waals surface area contributed by atoms with Crippen molar-refractivity contribution in [2.45, 2.75) is 51.2 Å². The molecule has 0 aliphatic carbocycles. The number of aryl methyl sites for hydroxylation is 1. The van der Waals surface area contributed by atoms with Gasteiger partial charge in [-0.05, 0) is 81.8 Å². The Morgan fingerprint density at radius 1 is 0.974 bits per heavy atom. The van der Waals surface area contributed by atoms with Gasteiger partial charge in [-0.15, -0.1) is 0 Å². The molecule has 10 heteroatoms. The molecule has 3 rings (SSSR count). The average Bonchev–Trinajstić information content (AvgIpc) is 2.86. The summed E-state index contributed by atoms with van der Waals surface area (Å²) >= 11 is 3.42. The van der Waals surface area contributed by atoms with Crippen LogP contribution >= 0.6 is 15.9 Å². The molecule has 0 bridgehead atoms. The minimum atomic E-state index is -4.25.